The van der Waals surface area contributed by atoms with Crippen molar-refractivity contribution in [1.29, 1.82) is 0 Å². The van der Waals surface area contributed by atoms with Crippen molar-refractivity contribution < 1.29 is 19.3 Å². The standard InChI is InChI=1S/C12H22N4O4.ClH/c1-8(2)16(9(3)4)6-5-13-11(18)10-12(19-7-17)15-20-14-10;/h8-9,17H,5-7H2,1-4H3,(H,13,18);1H. The fourth-order valence-corrected chi connectivity index (χ4v) is 1.97. The maximum Gasteiger partial charge on any atom is 0.291 e. The molecule has 122 valence electrons. The number of aliphatic hydroxyl groups is 1. The lowest BCUT2D eigenvalue weighted by Gasteiger charge is -2.30. The first kappa shape index (κ1) is 19.6. The Bertz CT molecular complexity index is 417. The summed E-state index contributed by atoms with van der Waals surface area (Å²) in [6.45, 7) is 9.03. The number of ether oxygens (including phenoxy) is 1. The summed E-state index contributed by atoms with van der Waals surface area (Å²) in [6, 6.07) is 0.794. The molecule has 0 saturated heterocycles. The first-order valence-corrected chi connectivity index (χ1v) is 6.57. The van der Waals surface area contributed by atoms with Crippen LogP contribution in [0.25, 0.3) is 0 Å². The SMILES string of the molecule is CC(C)N(CCNC(=O)c1nonc1OCO)C(C)C.Cl. The fourth-order valence-electron chi connectivity index (χ4n) is 1.97. The third-order valence-corrected chi connectivity index (χ3v) is 2.86. The number of amides is 1. The number of hydrogen-bond acceptors (Lipinski definition) is 7. The van der Waals surface area contributed by atoms with E-state index in [2.05, 4.69) is 52.9 Å². The quantitative estimate of drug-likeness (QED) is 0.678. The first-order valence-electron chi connectivity index (χ1n) is 6.57. The Morgan fingerprint density at radius 2 is 1.95 bits per heavy atom. The molecule has 9 heteroatoms. The summed E-state index contributed by atoms with van der Waals surface area (Å²) >= 11 is 0. The van der Waals surface area contributed by atoms with E-state index in [4.69, 9.17) is 9.84 Å². The van der Waals surface area contributed by atoms with E-state index in [0.717, 1.165) is 6.54 Å². The molecule has 0 spiro atoms. The zero-order valence-corrected chi connectivity index (χ0v) is 13.5. The molecule has 0 unspecified atom stereocenters. The average Bonchev–Trinajstić information content (AvgIpc) is 2.82. The van der Waals surface area contributed by atoms with Crippen LogP contribution in [0.15, 0.2) is 4.63 Å². The second-order valence-electron chi connectivity index (χ2n) is 4.87. The predicted octanol–water partition coefficient (Wildman–Crippen LogP) is 0.669. The van der Waals surface area contributed by atoms with Gasteiger partial charge in [-0.2, -0.15) is 0 Å². The van der Waals surface area contributed by atoms with Crippen molar-refractivity contribution in [2.75, 3.05) is 19.9 Å². The van der Waals surface area contributed by atoms with Gasteiger partial charge in [0.15, 0.2) is 6.79 Å². The number of hydrogen-bond donors (Lipinski definition) is 2. The maximum absolute atomic E-state index is 11.9. The summed E-state index contributed by atoms with van der Waals surface area (Å²) in [6.07, 6.45) is 0. The van der Waals surface area contributed by atoms with Crippen molar-refractivity contribution in [3.63, 3.8) is 0 Å². The van der Waals surface area contributed by atoms with Crippen molar-refractivity contribution in [2.45, 2.75) is 39.8 Å². The highest BCUT2D eigenvalue weighted by Gasteiger charge is 2.20. The second-order valence-corrected chi connectivity index (χ2v) is 4.87. The highest BCUT2D eigenvalue weighted by atomic mass is 35.5. The summed E-state index contributed by atoms with van der Waals surface area (Å²) in [5.74, 6) is -0.559. The predicted molar refractivity (Wildman–Crippen MR) is 78.6 cm³/mol. The summed E-state index contributed by atoms with van der Waals surface area (Å²) in [5.41, 5.74) is -0.0697. The Labute approximate surface area is 130 Å². The number of halogens is 1. The van der Waals surface area contributed by atoms with E-state index in [1.807, 2.05) is 0 Å². The van der Waals surface area contributed by atoms with Gasteiger partial charge in [-0.1, -0.05) is 0 Å². The van der Waals surface area contributed by atoms with E-state index in [1.165, 1.54) is 0 Å². The zero-order chi connectivity index (χ0) is 15.1. The summed E-state index contributed by atoms with van der Waals surface area (Å²) < 4.78 is 9.13. The Kier molecular flexibility index (Phi) is 8.91. The highest BCUT2D eigenvalue weighted by Crippen LogP contribution is 2.11. The minimum atomic E-state index is -0.594. The molecule has 0 aliphatic rings. The second kappa shape index (κ2) is 9.54. The molecular formula is C12H23ClN4O4. The lowest BCUT2D eigenvalue weighted by atomic mass is 10.2. The van der Waals surface area contributed by atoms with Gasteiger partial charge < -0.3 is 15.2 Å². The molecule has 1 aromatic heterocycles. The summed E-state index contributed by atoms with van der Waals surface area (Å²) in [5, 5.41) is 18.2. The number of carbonyl (C=O) groups excluding carboxylic acids is 1. The number of nitrogens with zero attached hydrogens (tertiary/aromatic N) is 3. The van der Waals surface area contributed by atoms with Crippen molar-refractivity contribution in [3.8, 4) is 5.88 Å². The molecule has 0 saturated carbocycles. The van der Waals surface area contributed by atoms with Crippen LogP contribution in [-0.4, -0.2) is 58.2 Å². The van der Waals surface area contributed by atoms with Gasteiger partial charge in [-0.3, -0.25) is 9.69 Å². The molecule has 1 amide bonds. The molecular weight excluding hydrogens is 300 g/mol. The van der Waals surface area contributed by atoms with Gasteiger partial charge in [0, 0.05) is 25.2 Å². The van der Waals surface area contributed by atoms with Gasteiger partial charge in [-0.25, -0.2) is 4.63 Å². The first-order chi connectivity index (χ1) is 9.47. The van der Waals surface area contributed by atoms with Gasteiger partial charge in [-0.15, -0.1) is 12.4 Å². The fraction of sp³-hybridized carbons (Fsp3) is 0.750. The van der Waals surface area contributed by atoms with Gasteiger partial charge in [-0.05, 0) is 38.0 Å². The molecule has 0 radical (unpaired) electrons. The van der Waals surface area contributed by atoms with Crippen LogP contribution in [-0.2, 0) is 0 Å². The lowest BCUT2D eigenvalue weighted by Crippen LogP contribution is -2.42. The maximum atomic E-state index is 11.9. The topological polar surface area (TPSA) is 101 Å². The van der Waals surface area contributed by atoms with Crippen LogP contribution >= 0.6 is 12.4 Å². The Morgan fingerprint density at radius 3 is 2.48 bits per heavy atom. The molecule has 1 aromatic rings. The molecule has 0 fully saturated rings. The Morgan fingerprint density at radius 1 is 1.33 bits per heavy atom. The van der Waals surface area contributed by atoms with E-state index >= 15 is 0 Å². The summed E-state index contributed by atoms with van der Waals surface area (Å²) in [7, 11) is 0. The Balaban J connectivity index is 0.00000400. The minimum Gasteiger partial charge on any atom is -0.447 e. The van der Waals surface area contributed by atoms with Gasteiger partial charge in [0.2, 0.25) is 5.69 Å². The van der Waals surface area contributed by atoms with E-state index in [0.29, 0.717) is 18.6 Å². The smallest absolute Gasteiger partial charge is 0.291 e. The van der Waals surface area contributed by atoms with Crippen LogP contribution in [0, 0.1) is 0 Å². The van der Waals surface area contributed by atoms with Crippen molar-refractivity contribution in [3.05, 3.63) is 5.69 Å². The van der Waals surface area contributed by atoms with Crippen molar-refractivity contribution in [2.24, 2.45) is 0 Å². The largest absolute Gasteiger partial charge is 0.447 e. The van der Waals surface area contributed by atoms with E-state index in [1.54, 1.807) is 0 Å². The highest BCUT2D eigenvalue weighted by molar-refractivity contribution is 5.94. The van der Waals surface area contributed by atoms with Crippen LogP contribution in [0.1, 0.15) is 38.2 Å². The monoisotopic (exact) mass is 322 g/mol. The Hall–Kier alpha value is -1.38. The van der Waals surface area contributed by atoms with E-state index < -0.39 is 12.7 Å². The molecule has 21 heavy (non-hydrogen) atoms. The molecule has 1 heterocycles. The average molecular weight is 323 g/mol. The van der Waals surface area contributed by atoms with Crippen molar-refractivity contribution in [1.82, 2.24) is 20.5 Å². The van der Waals surface area contributed by atoms with E-state index in [9.17, 15) is 4.79 Å². The molecule has 2 N–H and O–H groups in total. The number of carbonyl (C=O) groups is 1. The number of aromatic nitrogens is 2. The van der Waals surface area contributed by atoms with Gasteiger partial charge in [0.25, 0.3) is 11.8 Å². The van der Waals surface area contributed by atoms with Gasteiger partial charge in [0.1, 0.15) is 0 Å². The van der Waals surface area contributed by atoms with Crippen molar-refractivity contribution >= 4 is 18.3 Å². The number of rotatable bonds is 8. The third-order valence-electron chi connectivity index (χ3n) is 2.86. The van der Waals surface area contributed by atoms with Crippen LogP contribution in [0.4, 0.5) is 0 Å². The molecule has 8 nitrogen and oxygen atoms in total. The minimum absolute atomic E-state index is 0. The molecule has 0 bridgehead atoms. The van der Waals surface area contributed by atoms with Crippen LogP contribution < -0.4 is 10.1 Å². The molecule has 0 aliphatic carbocycles. The molecule has 0 aromatic carbocycles. The normalized spacial score (nSPS) is 10.9. The van der Waals surface area contributed by atoms with Crippen LogP contribution in [0.2, 0.25) is 0 Å². The van der Waals surface area contributed by atoms with Gasteiger partial charge in [0.05, 0.1) is 0 Å². The lowest BCUT2D eigenvalue weighted by molar-refractivity contribution is 0.0850. The number of nitrogens with one attached hydrogen (secondary N) is 1. The van der Waals surface area contributed by atoms with Gasteiger partial charge >= 0.3 is 0 Å². The molecule has 1 rings (SSSR count). The summed E-state index contributed by atoms with van der Waals surface area (Å²) in [4.78, 5) is 14.1. The molecule has 0 atom stereocenters. The third kappa shape index (κ3) is 5.86. The number of aliphatic hydroxyl groups excluding tert-OH is 1. The van der Waals surface area contributed by atoms with Crippen LogP contribution in [0.3, 0.4) is 0 Å². The zero-order valence-electron chi connectivity index (χ0n) is 12.7. The molecule has 0 aliphatic heterocycles. The van der Waals surface area contributed by atoms with E-state index in [-0.39, 0.29) is 24.0 Å². The van der Waals surface area contributed by atoms with Crippen LogP contribution in [0.5, 0.6) is 5.88 Å².